The van der Waals surface area contributed by atoms with E-state index in [-0.39, 0.29) is 0 Å². The highest BCUT2D eigenvalue weighted by Crippen LogP contribution is 2.13. The number of nitrogens with one attached hydrogen (secondary N) is 2. The van der Waals surface area contributed by atoms with Gasteiger partial charge >= 0.3 is 0 Å². The van der Waals surface area contributed by atoms with Gasteiger partial charge in [0, 0.05) is 45.2 Å². The molecule has 1 saturated heterocycles. The summed E-state index contributed by atoms with van der Waals surface area (Å²) < 4.78 is 2.09. The molecule has 0 radical (unpaired) electrons. The molecule has 0 spiro atoms. The Kier molecular flexibility index (Phi) is 8.44. The average Bonchev–Trinajstić information content (AvgIpc) is 3.21. The number of rotatable bonds is 9. The lowest BCUT2D eigenvalue weighted by atomic mass is 10.0. The molecule has 7 nitrogen and oxygen atoms in total. The molecule has 2 N–H and O–H groups in total. The Labute approximate surface area is 180 Å². The molecule has 0 amide bonds. The minimum atomic E-state index is 0.439. The maximum absolute atomic E-state index is 4.71. The van der Waals surface area contributed by atoms with Crippen molar-refractivity contribution >= 4 is 5.96 Å². The second kappa shape index (κ2) is 11.5. The second-order valence-electron chi connectivity index (χ2n) is 8.02. The van der Waals surface area contributed by atoms with Crippen molar-refractivity contribution in [3.05, 3.63) is 60.2 Å². The Morgan fingerprint density at radius 3 is 2.70 bits per heavy atom. The van der Waals surface area contributed by atoms with Gasteiger partial charge in [0.15, 0.2) is 5.96 Å². The number of benzene rings is 1. The predicted octanol–water partition coefficient (Wildman–Crippen LogP) is 2.62. The molecule has 2 heterocycles. The van der Waals surface area contributed by atoms with Crippen LogP contribution in [0.4, 0.5) is 0 Å². The van der Waals surface area contributed by atoms with Gasteiger partial charge in [0.2, 0.25) is 0 Å². The zero-order chi connectivity index (χ0) is 21.2. The first-order valence-corrected chi connectivity index (χ1v) is 11.0. The Bertz CT molecular complexity index is 804. The highest BCUT2D eigenvalue weighted by atomic mass is 15.3. The van der Waals surface area contributed by atoms with E-state index in [1.54, 1.807) is 6.33 Å². The molecule has 0 bridgehead atoms. The zero-order valence-electron chi connectivity index (χ0n) is 18.3. The van der Waals surface area contributed by atoms with Gasteiger partial charge < -0.3 is 15.2 Å². The number of likely N-dealkylation sites (tertiary alicyclic amines) is 1. The van der Waals surface area contributed by atoms with Crippen molar-refractivity contribution in [1.82, 2.24) is 30.3 Å². The summed E-state index contributed by atoms with van der Waals surface area (Å²) in [6, 6.07) is 11.2. The van der Waals surface area contributed by atoms with E-state index >= 15 is 0 Å². The van der Waals surface area contributed by atoms with Gasteiger partial charge in [-0.1, -0.05) is 49.4 Å². The van der Waals surface area contributed by atoms with E-state index in [1.807, 2.05) is 6.92 Å². The molecular formula is C23H35N7. The standard InChI is InChI=1S/C23H35N7/c1-4-22-28-26-18-30(22)15-12-24-23(25-16-19(2)3)27-21-10-13-29(14-11-21)17-20-8-6-5-7-9-20/h5-9,18,21H,2,4,10-17H2,1,3H3,(H2,24,25,27). The number of aromatic nitrogens is 3. The summed E-state index contributed by atoms with van der Waals surface area (Å²) in [7, 11) is 0. The highest BCUT2D eigenvalue weighted by Gasteiger charge is 2.20. The van der Waals surface area contributed by atoms with Crippen LogP contribution in [0.15, 0.2) is 53.8 Å². The van der Waals surface area contributed by atoms with Crippen LogP contribution in [0, 0.1) is 0 Å². The summed E-state index contributed by atoms with van der Waals surface area (Å²) in [5, 5.41) is 15.3. The van der Waals surface area contributed by atoms with Crippen LogP contribution in [0.25, 0.3) is 0 Å². The number of nitrogens with zero attached hydrogens (tertiary/aromatic N) is 5. The normalized spacial score (nSPS) is 15.9. The number of piperidine rings is 1. The van der Waals surface area contributed by atoms with Crippen molar-refractivity contribution in [2.24, 2.45) is 4.99 Å². The summed E-state index contributed by atoms with van der Waals surface area (Å²) in [6.07, 6.45) is 4.91. The van der Waals surface area contributed by atoms with E-state index in [2.05, 4.69) is 74.1 Å². The van der Waals surface area contributed by atoms with E-state index in [0.717, 1.165) is 69.3 Å². The quantitative estimate of drug-likeness (QED) is 0.378. The number of aliphatic imine (C=N–C) groups is 1. The number of guanidine groups is 1. The molecule has 3 rings (SSSR count). The summed E-state index contributed by atoms with van der Waals surface area (Å²) >= 11 is 0. The fraction of sp³-hybridized carbons (Fsp3) is 0.522. The molecule has 0 aliphatic carbocycles. The van der Waals surface area contributed by atoms with Gasteiger partial charge in [0.25, 0.3) is 0 Å². The van der Waals surface area contributed by atoms with Crippen LogP contribution in [-0.2, 0) is 19.5 Å². The Morgan fingerprint density at radius 1 is 1.23 bits per heavy atom. The van der Waals surface area contributed by atoms with Gasteiger partial charge in [-0.3, -0.25) is 4.90 Å². The van der Waals surface area contributed by atoms with Crippen molar-refractivity contribution < 1.29 is 0 Å². The van der Waals surface area contributed by atoms with Gasteiger partial charge in [-0.25, -0.2) is 4.99 Å². The average molecular weight is 410 g/mol. The molecule has 1 aliphatic heterocycles. The van der Waals surface area contributed by atoms with Crippen LogP contribution in [0.1, 0.15) is 38.1 Å². The molecule has 162 valence electrons. The minimum Gasteiger partial charge on any atom is -0.355 e. The monoisotopic (exact) mass is 409 g/mol. The van der Waals surface area contributed by atoms with Crippen LogP contribution in [0.2, 0.25) is 0 Å². The minimum absolute atomic E-state index is 0.439. The SMILES string of the molecule is C=C(C)CN=C(NCCn1cnnc1CC)NC1CCN(Cc2ccccc2)CC1. The molecular weight excluding hydrogens is 374 g/mol. The van der Waals surface area contributed by atoms with E-state index in [0.29, 0.717) is 12.6 Å². The summed E-state index contributed by atoms with van der Waals surface area (Å²) in [6.45, 7) is 13.5. The third-order valence-electron chi connectivity index (χ3n) is 5.34. The predicted molar refractivity (Wildman–Crippen MR) is 122 cm³/mol. The maximum Gasteiger partial charge on any atom is 0.191 e. The summed E-state index contributed by atoms with van der Waals surface area (Å²) in [4.78, 5) is 7.24. The number of hydrogen-bond donors (Lipinski definition) is 2. The third kappa shape index (κ3) is 6.99. The fourth-order valence-electron chi connectivity index (χ4n) is 3.67. The van der Waals surface area contributed by atoms with Crippen LogP contribution in [0.3, 0.4) is 0 Å². The third-order valence-corrected chi connectivity index (χ3v) is 5.34. The molecule has 0 unspecified atom stereocenters. The molecule has 1 aliphatic rings. The lowest BCUT2D eigenvalue weighted by Gasteiger charge is -2.33. The van der Waals surface area contributed by atoms with Crippen LogP contribution in [-0.4, -0.2) is 57.8 Å². The van der Waals surface area contributed by atoms with E-state index in [4.69, 9.17) is 4.99 Å². The highest BCUT2D eigenvalue weighted by molar-refractivity contribution is 5.80. The van der Waals surface area contributed by atoms with Crippen LogP contribution in [0.5, 0.6) is 0 Å². The van der Waals surface area contributed by atoms with Crippen LogP contribution < -0.4 is 10.6 Å². The largest absolute Gasteiger partial charge is 0.355 e. The molecule has 1 aromatic heterocycles. The number of hydrogen-bond acceptors (Lipinski definition) is 4. The summed E-state index contributed by atoms with van der Waals surface area (Å²) in [5.74, 6) is 1.88. The lowest BCUT2D eigenvalue weighted by molar-refractivity contribution is 0.198. The van der Waals surface area contributed by atoms with Crippen molar-refractivity contribution in [2.75, 3.05) is 26.2 Å². The fourth-order valence-corrected chi connectivity index (χ4v) is 3.67. The van der Waals surface area contributed by atoms with E-state index < -0.39 is 0 Å². The van der Waals surface area contributed by atoms with Crippen molar-refractivity contribution in [3.8, 4) is 0 Å². The zero-order valence-corrected chi connectivity index (χ0v) is 18.3. The van der Waals surface area contributed by atoms with Crippen molar-refractivity contribution in [3.63, 3.8) is 0 Å². The van der Waals surface area contributed by atoms with Gasteiger partial charge in [0.1, 0.15) is 12.2 Å². The molecule has 2 aromatic rings. The first-order valence-electron chi connectivity index (χ1n) is 11.0. The topological polar surface area (TPSA) is 70.4 Å². The first kappa shape index (κ1) is 22.0. The Morgan fingerprint density at radius 2 is 2.00 bits per heavy atom. The molecule has 0 atom stereocenters. The maximum atomic E-state index is 4.71. The second-order valence-corrected chi connectivity index (χ2v) is 8.02. The molecule has 7 heteroatoms. The Balaban J connectivity index is 1.47. The van der Waals surface area contributed by atoms with Crippen molar-refractivity contribution in [2.45, 2.75) is 52.2 Å². The molecule has 30 heavy (non-hydrogen) atoms. The molecule has 1 aromatic carbocycles. The van der Waals surface area contributed by atoms with Gasteiger partial charge in [0.05, 0.1) is 6.54 Å². The molecule has 1 fully saturated rings. The molecule has 0 saturated carbocycles. The van der Waals surface area contributed by atoms with E-state index in [1.165, 1.54) is 5.56 Å². The summed E-state index contributed by atoms with van der Waals surface area (Å²) in [5.41, 5.74) is 2.44. The van der Waals surface area contributed by atoms with Gasteiger partial charge in [-0.2, -0.15) is 0 Å². The first-order chi connectivity index (χ1) is 14.6. The van der Waals surface area contributed by atoms with Gasteiger partial charge in [-0.15, -0.1) is 10.2 Å². The number of aryl methyl sites for hydroxylation is 1. The smallest absolute Gasteiger partial charge is 0.191 e. The van der Waals surface area contributed by atoms with Gasteiger partial charge in [-0.05, 0) is 25.3 Å². The van der Waals surface area contributed by atoms with Crippen molar-refractivity contribution in [1.29, 1.82) is 0 Å². The van der Waals surface area contributed by atoms with Crippen LogP contribution >= 0.6 is 0 Å². The van der Waals surface area contributed by atoms with E-state index in [9.17, 15) is 0 Å². The Hall–Kier alpha value is -2.67. The lowest BCUT2D eigenvalue weighted by Crippen LogP contribution is -2.49.